The Morgan fingerprint density at radius 2 is 2.06 bits per heavy atom. The van der Waals surface area contributed by atoms with Gasteiger partial charge in [0.15, 0.2) is 0 Å². The summed E-state index contributed by atoms with van der Waals surface area (Å²) in [6.45, 7) is 1.31. The number of likely N-dealkylation sites (N-methyl/N-ethyl adjacent to an activating group) is 1. The van der Waals surface area contributed by atoms with E-state index in [4.69, 9.17) is 5.73 Å². The Hall–Kier alpha value is -1.61. The molecule has 3 heteroatoms. The van der Waals surface area contributed by atoms with Crippen molar-refractivity contribution >= 4 is 12.0 Å². The zero-order chi connectivity index (χ0) is 11.8. The van der Waals surface area contributed by atoms with Gasteiger partial charge in [-0.15, -0.1) is 0 Å². The lowest BCUT2D eigenvalue weighted by Crippen LogP contribution is -2.27. The molecule has 16 heavy (non-hydrogen) atoms. The summed E-state index contributed by atoms with van der Waals surface area (Å²) < 4.78 is 0. The summed E-state index contributed by atoms with van der Waals surface area (Å²) in [5, 5.41) is 0. The van der Waals surface area contributed by atoms with Gasteiger partial charge in [-0.3, -0.25) is 4.79 Å². The minimum absolute atomic E-state index is 0.0114. The molecule has 1 aromatic rings. The summed E-state index contributed by atoms with van der Waals surface area (Å²) in [5.41, 5.74) is 6.42. The van der Waals surface area contributed by atoms with Gasteiger partial charge >= 0.3 is 0 Å². The van der Waals surface area contributed by atoms with Crippen LogP contribution < -0.4 is 5.73 Å². The van der Waals surface area contributed by atoms with E-state index in [0.29, 0.717) is 13.1 Å². The molecule has 0 spiro atoms. The first kappa shape index (κ1) is 12.5. The number of carbonyl (C=O) groups is 1. The average molecular weight is 218 g/mol. The summed E-state index contributed by atoms with van der Waals surface area (Å²) in [6.07, 6.45) is 4.24. The molecule has 0 bridgehead atoms. The molecule has 1 aromatic carbocycles. The van der Waals surface area contributed by atoms with E-state index in [9.17, 15) is 4.79 Å². The Bertz CT molecular complexity index is 346. The molecule has 0 saturated heterocycles. The van der Waals surface area contributed by atoms with Gasteiger partial charge in [0, 0.05) is 19.7 Å². The van der Waals surface area contributed by atoms with E-state index < -0.39 is 0 Å². The van der Waals surface area contributed by atoms with E-state index >= 15 is 0 Å². The molecule has 1 amide bonds. The van der Waals surface area contributed by atoms with Crippen LogP contribution >= 0.6 is 0 Å². The van der Waals surface area contributed by atoms with Crippen LogP contribution in [-0.4, -0.2) is 30.9 Å². The van der Waals surface area contributed by atoms with Crippen LogP contribution in [0.1, 0.15) is 12.0 Å². The highest BCUT2D eigenvalue weighted by Crippen LogP contribution is 2.01. The van der Waals surface area contributed by atoms with Crippen LogP contribution in [0.2, 0.25) is 0 Å². The zero-order valence-electron chi connectivity index (χ0n) is 9.60. The molecule has 0 atom stereocenters. The van der Waals surface area contributed by atoms with Crippen LogP contribution in [0.3, 0.4) is 0 Å². The van der Waals surface area contributed by atoms with E-state index in [0.717, 1.165) is 12.0 Å². The third kappa shape index (κ3) is 4.28. The lowest BCUT2D eigenvalue weighted by Gasteiger charge is -2.13. The molecular formula is C13H18N2O. The Balaban J connectivity index is 2.48. The number of nitrogens with zero attached hydrogens (tertiary/aromatic N) is 1. The molecule has 1 rings (SSSR count). The number of benzene rings is 1. The van der Waals surface area contributed by atoms with Gasteiger partial charge in [-0.2, -0.15) is 0 Å². The molecule has 0 fully saturated rings. The van der Waals surface area contributed by atoms with Gasteiger partial charge in [0.1, 0.15) is 0 Å². The minimum Gasteiger partial charge on any atom is -0.342 e. The maximum Gasteiger partial charge on any atom is 0.246 e. The molecule has 2 N–H and O–H groups in total. The summed E-state index contributed by atoms with van der Waals surface area (Å²) in [5.74, 6) is 0.0114. The Labute approximate surface area is 96.6 Å². The van der Waals surface area contributed by atoms with Gasteiger partial charge in [-0.05, 0) is 24.6 Å². The molecular weight excluding hydrogens is 200 g/mol. The van der Waals surface area contributed by atoms with E-state index in [2.05, 4.69) is 0 Å². The summed E-state index contributed by atoms with van der Waals surface area (Å²) in [6, 6.07) is 9.77. The van der Waals surface area contributed by atoms with Crippen LogP contribution in [0.4, 0.5) is 0 Å². The van der Waals surface area contributed by atoms with Gasteiger partial charge in [0.2, 0.25) is 5.91 Å². The molecule has 0 aliphatic heterocycles. The Morgan fingerprint density at radius 1 is 1.38 bits per heavy atom. The number of amides is 1. The molecule has 0 aliphatic rings. The van der Waals surface area contributed by atoms with Gasteiger partial charge in [0.05, 0.1) is 0 Å². The lowest BCUT2D eigenvalue weighted by molar-refractivity contribution is -0.124. The van der Waals surface area contributed by atoms with Crippen LogP contribution in [0.25, 0.3) is 6.08 Å². The predicted octanol–water partition coefficient (Wildman–Crippen LogP) is 1.51. The van der Waals surface area contributed by atoms with Crippen molar-refractivity contribution in [3.63, 3.8) is 0 Å². The molecule has 86 valence electrons. The van der Waals surface area contributed by atoms with Crippen molar-refractivity contribution in [3.05, 3.63) is 42.0 Å². The van der Waals surface area contributed by atoms with Crippen LogP contribution in [-0.2, 0) is 4.79 Å². The second kappa shape index (κ2) is 6.80. The fourth-order valence-electron chi connectivity index (χ4n) is 1.30. The minimum atomic E-state index is 0.0114. The van der Waals surface area contributed by atoms with Crippen molar-refractivity contribution in [2.45, 2.75) is 6.42 Å². The number of nitrogens with two attached hydrogens (primary N) is 1. The van der Waals surface area contributed by atoms with Gasteiger partial charge in [-0.25, -0.2) is 0 Å². The van der Waals surface area contributed by atoms with Crippen molar-refractivity contribution < 1.29 is 4.79 Å². The zero-order valence-corrected chi connectivity index (χ0v) is 9.60. The van der Waals surface area contributed by atoms with Crippen molar-refractivity contribution in [2.24, 2.45) is 5.73 Å². The van der Waals surface area contributed by atoms with E-state index in [1.807, 2.05) is 36.4 Å². The maximum absolute atomic E-state index is 11.6. The first-order valence-electron chi connectivity index (χ1n) is 5.42. The monoisotopic (exact) mass is 218 g/mol. The molecule has 0 radical (unpaired) electrons. The number of hydrogen-bond donors (Lipinski definition) is 1. The molecule has 0 aromatic heterocycles. The first-order valence-corrected chi connectivity index (χ1v) is 5.42. The van der Waals surface area contributed by atoms with Crippen LogP contribution in [0.5, 0.6) is 0 Å². The number of carbonyl (C=O) groups excluding carboxylic acids is 1. The third-order valence-corrected chi connectivity index (χ3v) is 2.29. The first-order chi connectivity index (χ1) is 7.74. The Kier molecular flexibility index (Phi) is 5.29. The van der Waals surface area contributed by atoms with Crippen molar-refractivity contribution in [2.75, 3.05) is 20.1 Å². The fraction of sp³-hybridized carbons (Fsp3) is 0.308. The van der Waals surface area contributed by atoms with Gasteiger partial charge in [0.25, 0.3) is 0 Å². The number of rotatable bonds is 5. The maximum atomic E-state index is 11.6. The second-order valence-corrected chi connectivity index (χ2v) is 3.65. The largest absolute Gasteiger partial charge is 0.342 e. The smallest absolute Gasteiger partial charge is 0.246 e. The Morgan fingerprint density at radius 3 is 2.69 bits per heavy atom. The predicted molar refractivity (Wildman–Crippen MR) is 66.8 cm³/mol. The normalized spacial score (nSPS) is 10.6. The molecule has 0 saturated carbocycles. The van der Waals surface area contributed by atoms with Gasteiger partial charge in [-0.1, -0.05) is 30.3 Å². The van der Waals surface area contributed by atoms with Crippen LogP contribution in [0, 0.1) is 0 Å². The van der Waals surface area contributed by atoms with E-state index in [-0.39, 0.29) is 5.91 Å². The summed E-state index contributed by atoms with van der Waals surface area (Å²) >= 11 is 0. The number of hydrogen-bond acceptors (Lipinski definition) is 2. The van der Waals surface area contributed by atoms with Crippen molar-refractivity contribution in [3.8, 4) is 0 Å². The molecule has 0 heterocycles. The van der Waals surface area contributed by atoms with Crippen LogP contribution in [0.15, 0.2) is 36.4 Å². The van der Waals surface area contributed by atoms with E-state index in [1.165, 1.54) is 0 Å². The highest BCUT2D eigenvalue weighted by molar-refractivity contribution is 5.91. The SMILES string of the molecule is CN(CCCN)C(=O)/C=C/c1ccccc1. The highest BCUT2D eigenvalue weighted by atomic mass is 16.2. The summed E-state index contributed by atoms with van der Waals surface area (Å²) in [7, 11) is 1.79. The third-order valence-electron chi connectivity index (χ3n) is 2.29. The summed E-state index contributed by atoms with van der Waals surface area (Å²) in [4.78, 5) is 13.3. The lowest BCUT2D eigenvalue weighted by atomic mass is 10.2. The van der Waals surface area contributed by atoms with Crippen molar-refractivity contribution in [1.82, 2.24) is 4.90 Å². The van der Waals surface area contributed by atoms with Gasteiger partial charge < -0.3 is 10.6 Å². The van der Waals surface area contributed by atoms with E-state index in [1.54, 1.807) is 18.0 Å². The highest BCUT2D eigenvalue weighted by Gasteiger charge is 2.02. The fourth-order valence-corrected chi connectivity index (χ4v) is 1.30. The quantitative estimate of drug-likeness (QED) is 0.761. The second-order valence-electron chi connectivity index (χ2n) is 3.65. The molecule has 0 aliphatic carbocycles. The topological polar surface area (TPSA) is 46.3 Å². The molecule has 0 unspecified atom stereocenters. The van der Waals surface area contributed by atoms with Crippen molar-refractivity contribution in [1.29, 1.82) is 0 Å². The molecule has 3 nitrogen and oxygen atoms in total. The standard InChI is InChI=1S/C13H18N2O/c1-15(11-5-10-14)13(16)9-8-12-6-3-2-4-7-12/h2-4,6-9H,5,10-11,14H2,1H3/b9-8+. The average Bonchev–Trinajstić information content (AvgIpc) is 2.34.